The number of rotatable bonds is 4. The van der Waals surface area contributed by atoms with Crippen LogP contribution in [-0.4, -0.2) is 22.5 Å². The molecule has 6 heteroatoms. The van der Waals surface area contributed by atoms with Gasteiger partial charge in [0.05, 0.1) is 24.4 Å². The van der Waals surface area contributed by atoms with Crippen LogP contribution in [0.1, 0.15) is 38.3 Å². The summed E-state index contributed by atoms with van der Waals surface area (Å²) in [6.45, 7) is 2.20. The highest BCUT2D eigenvalue weighted by Crippen LogP contribution is 2.50. The summed E-state index contributed by atoms with van der Waals surface area (Å²) in [5, 5.41) is 0.0463. The van der Waals surface area contributed by atoms with E-state index in [0.29, 0.717) is 30.6 Å². The number of halogens is 2. The van der Waals surface area contributed by atoms with Crippen LogP contribution in [0.4, 0.5) is 4.39 Å². The minimum atomic E-state index is -0.451. The Balaban J connectivity index is 1.85. The molecule has 4 rings (SSSR count). The van der Waals surface area contributed by atoms with Gasteiger partial charge in [0.15, 0.2) is 5.82 Å². The zero-order valence-electron chi connectivity index (χ0n) is 12.6. The van der Waals surface area contributed by atoms with E-state index in [9.17, 15) is 9.18 Å². The lowest BCUT2D eigenvalue weighted by Crippen LogP contribution is -2.45. The van der Waals surface area contributed by atoms with Gasteiger partial charge in [-0.2, -0.15) is 0 Å². The number of ether oxygens (including phenoxy) is 1. The monoisotopic (exact) mass is 326 g/mol. The molecule has 3 aliphatic rings. The van der Waals surface area contributed by atoms with Crippen molar-refractivity contribution in [3.63, 3.8) is 0 Å². The van der Waals surface area contributed by atoms with E-state index >= 15 is 0 Å². The van der Waals surface area contributed by atoms with Gasteiger partial charge in [-0.3, -0.25) is 4.79 Å². The Morgan fingerprint density at radius 2 is 2.05 bits per heavy atom. The topological polar surface area (TPSA) is 52.1 Å². The number of fused-ring (bicyclic) bond motifs is 3. The van der Waals surface area contributed by atoms with Gasteiger partial charge in [-0.05, 0) is 68.4 Å². The molecule has 3 fully saturated rings. The second-order valence-electron chi connectivity index (χ2n) is 6.25. The third-order valence-electron chi connectivity index (χ3n) is 5.17. The summed E-state index contributed by atoms with van der Waals surface area (Å²) in [7, 11) is 0. The van der Waals surface area contributed by atoms with E-state index in [1.54, 1.807) is 0 Å². The molecule has 0 N–H and O–H groups in total. The Bertz CT molecular complexity index is 561. The van der Waals surface area contributed by atoms with Crippen molar-refractivity contribution in [2.75, 3.05) is 6.61 Å². The number of hydrogen-bond acceptors (Lipinski definition) is 4. The van der Waals surface area contributed by atoms with E-state index in [2.05, 4.69) is 9.97 Å². The summed E-state index contributed by atoms with van der Waals surface area (Å²) in [4.78, 5) is 20.0. The molecular weight excluding hydrogens is 307 g/mol. The Morgan fingerprint density at radius 3 is 2.73 bits per heavy atom. The Morgan fingerprint density at radius 1 is 1.36 bits per heavy atom. The van der Waals surface area contributed by atoms with Crippen LogP contribution in [0.3, 0.4) is 0 Å². The minimum Gasteiger partial charge on any atom is -0.466 e. The quantitative estimate of drug-likeness (QED) is 0.628. The van der Waals surface area contributed by atoms with E-state index in [-0.39, 0.29) is 23.1 Å². The van der Waals surface area contributed by atoms with Crippen LogP contribution in [0.2, 0.25) is 5.28 Å². The fourth-order valence-corrected chi connectivity index (χ4v) is 4.37. The van der Waals surface area contributed by atoms with E-state index in [1.165, 1.54) is 0 Å². The van der Waals surface area contributed by atoms with Crippen molar-refractivity contribution in [3.8, 4) is 0 Å². The van der Waals surface area contributed by atoms with Crippen LogP contribution in [-0.2, 0) is 16.0 Å². The number of aromatic nitrogens is 2. The second kappa shape index (κ2) is 6.49. The summed E-state index contributed by atoms with van der Waals surface area (Å²) in [6, 6.07) is 0. The number of nitrogens with zero attached hydrogens (tertiary/aromatic N) is 2. The molecule has 120 valence electrons. The molecule has 1 aromatic rings. The summed E-state index contributed by atoms with van der Waals surface area (Å²) in [6.07, 6.45) is 5.87. The maximum Gasteiger partial charge on any atom is 0.309 e. The van der Waals surface area contributed by atoms with Gasteiger partial charge in [-0.1, -0.05) is 0 Å². The highest BCUT2D eigenvalue weighted by Gasteiger charge is 2.47. The summed E-state index contributed by atoms with van der Waals surface area (Å²) in [5.41, 5.74) is 0.312. The normalized spacial score (nSPS) is 30.3. The summed E-state index contributed by atoms with van der Waals surface area (Å²) in [5.74, 6) is 0.158. The first-order valence-corrected chi connectivity index (χ1v) is 8.31. The van der Waals surface area contributed by atoms with E-state index in [1.807, 2.05) is 6.92 Å². The molecule has 22 heavy (non-hydrogen) atoms. The maximum atomic E-state index is 13.9. The van der Waals surface area contributed by atoms with Crippen molar-refractivity contribution in [3.05, 3.63) is 23.0 Å². The molecule has 2 bridgehead atoms. The Hall–Kier alpha value is -1.23. The number of carbonyl (C=O) groups is 1. The highest BCUT2D eigenvalue weighted by molar-refractivity contribution is 6.28. The third kappa shape index (κ3) is 2.96. The standard InChI is InChI=1S/C16H20ClFN2O2/c1-2-22-15(21)14-10-5-3-9(4-6-10)11(14)7-13-12(18)8-19-16(17)20-13/h8-11,14H,2-7H2,1H3/t9?,10?,11-,14-/m0/s1. The van der Waals surface area contributed by atoms with E-state index in [0.717, 1.165) is 31.9 Å². The third-order valence-corrected chi connectivity index (χ3v) is 5.35. The van der Waals surface area contributed by atoms with Crippen molar-refractivity contribution < 1.29 is 13.9 Å². The van der Waals surface area contributed by atoms with Gasteiger partial charge in [-0.15, -0.1) is 0 Å². The van der Waals surface area contributed by atoms with Gasteiger partial charge < -0.3 is 4.74 Å². The molecule has 0 radical (unpaired) electrons. The van der Waals surface area contributed by atoms with E-state index in [4.69, 9.17) is 16.3 Å². The molecule has 0 unspecified atom stereocenters. The Labute approximate surface area is 134 Å². The van der Waals surface area contributed by atoms with Gasteiger partial charge in [0.1, 0.15) is 0 Å². The summed E-state index contributed by atoms with van der Waals surface area (Å²) >= 11 is 5.78. The van der Waals surface area contributed by atoms with Gasteiger partial charge in [0.2, 0.25) is 5.28 Å². The molecule has 1 heterocycles. The van der Waals surface area contributed by atoms with Gasteiger partial charge in [0.25, 0.3) is 0 Å². The van der Waals surface area contributed by atoms with Crippen molar-refractivity contribution in [2.24, 2.45) is 23.7 Å². The number of esters is 1. The fourth-order valence-electron chi connectivity index (χ4n) is 4.22. The first-order valence-electron chi connectivity index (χ1n) is 7.93. The lowest BCUT2D eigenvalue weighted by Gasteiger charge is -2.47. The molecule has 0 amide bonds. The highest BCUT2D eigenvalue weighted by atomic mass is 35.5. The fraction of sp³-hybridized carbons (Fsp3) is 0.688. The zero-order valence-corrected chi connectivity index (χ0v) is 13.4. The predicted octanol–water partition coefficient (Wildman–Crippen LogP) is 3.43. The average molecular weight is 327 g/mol. The first-order chi connectivity index (χ1) is 10.6. The minimum absolute atomic E-state index is 0.0463. The lowest BCUT2D eigenvalue weighted by molar-refractivity contribution is -0.158. The molecule has 3 saturated carbocycles. The predicted molar refractivity (Wildman–Crippen MR) is 79.8 cm³/mol. The molecule has 0 spiro atoms. The number of carbonyl (C=O) groups excluding carboxylic acids is 1. The van der Waals surface area contributed by atoms with Crippen LogP contribution >= 0.6 is 11.6 Å². The van der Waals surface area contributed by atoms with Gasteiger partial charge in [-0.25, -0.2) is 14.4 Å². The van der Waals surface area contributed by atoms with Crippen molar-refractivity contribution in [1.82, 2.24) is 9.97 Å². The molecule has 3 aliphatic carbocycles. The van der Waals surface area contributed by atoms with Crippen molar-refractivity contribution >= 4 is 17.6 Å². The molecular formula is C16H20ClFN2O2. The molecule has 0 aromatic carbocycles. The van der Waals surface area contributed by atoms with Crippen LogP contribution in [0.15, 0.2) is 6.20 Å². The molecule has 0 saturated heterocycles. The molecule has 2 atom stereocenters. The van der Waals surface area contributed by atoms with Crippen LogP contribution in [0.25, 0.3) is 0 Å². The van der Waals surface area contributed by atoms with Crippen molar-refractivity contribution in [1.29, 1.82) is 0 Å². The second-order valence-corrected chi connectivity index (χ2v) is 6.59. The smallest absolute Gasteiger partial charge is 0.309 e. The molecule has 4 nitrogen and oxygen atoms in total. The van der Waals surface area contributed by atoms with Crippen LogP contribution in [0.5, 0.6) is 0 Å². The zero-order chi connectivity index (χ0) is 15.7. The maximum absolute atomic E-state index is 13.9. The molecule has 1 aromatic heterocycles. The summed E-state index contributed by atoms with van der Waals surface area (Å²) < 4.78 is 19.2. The first kappa shape index (κ1) is 15.7. The van der Waals surface area contributed by atoms with Crippen LogP contribution < -0.4 is 0 Å². The molecule has 0 aliphatic heterocycles. The number of hydrogen-bond donors (Lipinski definition) is 0. The van der Waals surface area contributed by atoms with Crippen LogP contribution in [0, 0.1) is 29.5 Å². The van der Waals surface area contributed by atoms with Gasteiger partial charge >= 0.3 is 5.97 Å². The van der Waals surface area contributed by atoms with E-state index < -0.39 is 5.82 Å². The Kier molecular flexibility index (Phi) is 4.62. The SMILES string of the molecule is CCOC(=O)[C@H]1C2CCC(CC2)[C@@H]1Cc1nc(Cl)ncc1F. The lowest BCUT2D eigenvalue weighted by atomic mass is 9.57. The largest absolute Gasteiger partial charge is 0.466 e. The van der Waals surface area contributed by atoms with Gasteiger partial charge in [0, 0.05) is 0 Å². The average Bonchev–Trinajstić information content (AvgIpc) is 2.52. The van der Waals surface area contributed by atoms with Crippen molar-refractivity contribution in [2.45, 2.75) is 39.0 Å².